The molecule has 6 nitrogen and oxygen atoms in total. The second-order valence-corrected chi connectivity index (χ2v) is 6.19. The number of nitriles is 3. The van der Waals surface area contributed by atoms with E-state index < -0.39 is 28.6 Å². The van der Waals surface area contributed by atoms with E-state index in [9.17, 15) is 15.8 Å². The van der Waals surface area contributed by atoms with Crippen LogP contribution in [0.5, 0.6) is 0 Å². The normalized spacial score (nSPS) is 36.6. The largest absolute Gasteiger partial charge is 0.450 e. The standard InChI is InChI=1S/C14H16N4O2/c1-8(2)9-13(5-15,6-16)14(7-17)10(18)20-11(19-9)12(14,3)4/h8-9,11,18H,1-4H3/t9-,11+,14-/m1/s1. The van der Waals surface area contributed by atoms with E-state index in [1.165, 1.54) is 0 Å². The molecule has 2 aliphatic rings. The monoisotopic (exact) mass is 272 g/mol. The lowest BCUT2D eigenvalue weighted by molar-refractivity contribution is -0.241. The first kappa shape index (κ1) is 14.3. The Morgan fingerprint density at radius 3 is 2.10 bits per heavy atom. The molecular formula is C14H16N4O2. The van der Waals surface area contributed by atoms with Crippen molar-refractivity contribution in [3.05, 3.63) is 0 Å². The summed E-state index contributed by atoms with van der Waals surface area (Å²) in [5, 5.41) is 37.1. The third-order valence-electron chi connectivity index (χ3n) is 4.54. The van der Waals surface area contributed by atoms with Gasteiger partial charge in [0.1, 0.15) is 0 Å². The molecule has 20 heavy (non-hydrogen) atoms. The first-order chi connectivity index (χ1) is 9.25. The van der Waals surface area contributed by atoms with Gasteiger partial charge in [-0.15, -0.1) is 0 Å². The van der Waals surface area contributed by atoms with Crippen LogP contribution in [0.2, 0.25) is 0 Å². The van der Waals surface area contributed by atoms with E-state index in [0.29, 0.717) is 0 Å². The fourth-order valence-electron chi connectivity index (χ4n) is 3.41. The van der Waals surface area contributed by atoms with Gasteiger partial charge in [0.2, 0.25) is 12.2 Å². The van der Waals surface area contributed by atoms with Crippen LogP contribution in [0.1, 0.15) is 27.7 Å². The van der Waals surface area contributed by atoms with E-state index in [1.54, 1.807) is 13.8 Å². The average molecular weight is 272 g/mol. The van der Waals surface area contributed by atoms with Crippen LogP contribution in [0.4, 0.5) is 0 Å². The summed E-state index contributed by atoms with van der Waals surface area (Å²) < 4.78 is 11.2. The summed E-state index contributed by atoms with van der Waals surface area (Å²) in [7, 11) is 0. The van der Waals surface area contributed by atoms with Crippen LogP contribution in [-0.4, -0.2) is 18.3 Å². The summed E-state index contributed by atoms with van der Waals surface area (Å²) in [4.78, 5) is 0. The molecule has 2 bridgehead atoms. The fourth-order valence-corrected chi connectivity index (χ4v) is 3.41. The molecule has 2 aliphatic heterocycles. The van der Waals surface area contributed by atoms with Crippen LogP contribution >= 0.6 is 0 Å². The zero-order valence-electron chi connectivity index (χ0n) is 11.9. The number of nitrogens with one attached hydrogen (secondary N) is 1. The predicted molar refractivity (Wildman–Crippen MR) is 67.8 cm³/mol. The van der Waals surface area contributed by atoms with Crippen LogP contribution in [0, 0.1) is 61.6 Å². The van der Waals surface area contributed by atoms with Gasteiger partial charge < -0.3 is 9.47 Å². The van der Waals surface area contributed by atoms with Crippen LogP contribution in [0.25, 0.3) is 0 Å². The molecule has 0 amide bonds. The van der Waals surface area contributed by atoms with Crippen LogP contribution in [0.15, 0.2) is 0 Å². The topological polar surface area (TPSA) is 114 Å². The lowest BCUT2D eigenvalue weighted by atomic mass is 9.49. The minimum absolute atomic E-state index is 0.157. The number of nitrogens with zero attached hydrogens (tertiary/aromatic N) is 3. The summed E-state index contributed by atoms with van der Waals surface area (Å²) in [5.74, 6) is -0.503. The molecule has 2 fully saturated rings. The van der Waals surface area contributed by atoms with Crippen molar-refractivity contribution in [3.63, 3.8) is 0 Å². The third kappa shape index (κ3) is 1.17. The first-order valence-corrected chi connectivity index (χ1v) is 6.40. The summed E-state index contributed by atoms with van der Waals surface area (Å²) >= 11 is 0. The Labute approximate surface area is 118 Å². The number of ether oxygens (including phenoxy) is 2. The van der Waals surface area contributed by atoms with Crippen molar-refractivity contribution >= 4 is 5.90 Å². The Hall–Kier alpha value is -2.10. The maximum Gasteiger partial charge on any atom is 0.209 e. The van der Waals surface area contributed by atoms with E-state index in [2.05, 4.69) is 6.07 Å². The highest BCUT2D eigenvalue weighted by Gasteiger charge is 2.79. The molecule has 3 atom stereocenters. The molecule has 6 heteroatoms. The number of hydrogen-bond donors (Lipinski definition) is 1. The Kier molecular flexibility index (Phi) is 2.82. The lowest BCUT2D eigenvalue weighted by Gasteiger charge is -2.50. The second-order valence-electron chi connectivity index (χ2n) is 6.19. The molecule has 104 valence electrons. The van der Waals surface area contributed by atoms with Gasteiger partial charge in [-0.05, 0) is 5.92 Å². The van der Waals surface area contributed by atoms with E-state index in [0.717, 1.165) is 0 Å². The smallest absolute Gasteiger partial charge is 0.209 e. The van der Waals surface area contributed by atoms with Gasteiger partial charge in [-0.1, -0.05) is 27.7 Å². The minimum Gasteiger partial charge on any atom is -0.450 e. The zero-order chi connectivity index (χ0) is 15.3. The number of rotatable bonds is 1. The molecule has 0 radical (unpaired) electrons. The quantitative estimate of drug-likeness (QED) is 0.783. The van der Waals surface area contributed by atoms with Gasteiger partial charge in [0.25, 0.3) is 0 Å². The van der Waals surface area contributed by atoms with Crippen molar-refractivity contribution in [2.75, 3.05) is 0 Å². The summed E-state index contributed by atoms with van der Waals surface area (Å²) in [6.07, 6.45) is -1.57. The van der Waals surface area contributed by atoms with Gasteiger partial charge in [-0.2, -0.15) is 15.8 Å². The molecule has 0 saturated carbocycles. The highest BCUT2D eigenvalue weighted by molar-refractivity contribution is 5.89. The molecule has 0 aliphatic carbocycles. The molecule has 2 rings (SSSR count). The Bertz CT molecular complexity index is 576. The Morgan fingerprint density at radius 2 is 1.70 bits per heavy atom. The van der Waals surface area contributed by atoms with E-state index in [4.69, 9.17) is 14.9 Å². The molecule has 0 unspecified atom stereocenters. The van der Waals surface area contributed by atoms with Crippen LogP contribution in [0.3, 0.4) is 0 Å². The Balaban J connectivity index is 2.84. The van der Waals surface area contributed by atoms with Crippen molar-refractivity contribution in [1.82, 2.24) is 0 Å². The lowest BCUT2D eigenvalue weighted by Crippen LogP contribution is -2.63. The van der Waals surface area contributed by atoms with Gasteiger partial charge in [-0.25, -0.2) is 0 Å². The third-order valence-corrected chi connectivity index (χ3v) is 4.54. The van der Waals surface area contributed by atoms with Crippen LogP contribution in [-0.2, 0) is 9.47 Å². The first-order valence-electron chi connectivity index (χ1n) is 6.40. The molecule has 0 aromatic carbocycles. The zero-order valence-corrected chi connectivity index (χ0v) is 11.9. The maximum atomic E-state index is 9.74. The molecule has 0 spiro atoms. The van der Waals surface area contributed by atoms with Crippen molar-refractivity contribution in [2.45, 2.75) is 40.1 Å². The summed E-state index contributed by atoms with van der Waals surface area (Å²) in [5.41, 5.74) is -4.33. The fraction of sp³-hybridized carbons (Fsp3) is 0.714. The minimum atomic E-state index is -1.76. The van der Waals surface area contributed by atoms with Crippen molar-refractivity contribution < 1.29 is 9.47 Å². The SMILES string of the molecule is CC(C)[C@H]1O[C@H]2OC(=N)[C@](C#N)(C2(C)C)C1(C#N)C#N. The molecule has 2 heterocycles. The van der Waals surface area contributed by atoms with Crippen molar-refractivity contribution in [2.24, 2.45) is 22.2 Å². The van der Waals surface area contributed by atoms with Gasteiger partial charge in [0, 0.05) is 0 Å². The molecule has 2 saturated heterocycles. The highest BCUT2D eigenvalue weighted by Crippen LogP contribution is 2.65. The van der Waals surface area contributed by atoms with E-state index in [1.807, 2.05) is 26.0 Å². The highest BCUT2D eigenvalue weighted by atomic mass is 16.7. The molecule has 0 aromatic heterocycles. The van der Waals surface area contributed by atoms with Gasteiger partial charge in [0.15, 0.2) is 10.8 Å². The molecule has 1 N–H and O–H groups in total. The number of fused-ring (bicyclic) bond motifs is 2. The Morgan fingerprint density at radius 1 is 1.15 bits per heavy atom. The second kappa shape index (κ2) is 3.95. The number of hydrogen-bond acceptors (Lipinski definition) is 6. The molecule has 0 aromatic rings. The average Bonchev–Trinajstić information content (AvgIpc) is 2.52. The predicted octanol–water partition coefficient (Wildman–Crippen LogP) is 1.94. The van der Waals surface area contributed by atoms with Crippen LogP contribution < -0.4 is 0 Å². The van der Waals surface area contributed by atoms with E-state index in [-0.39, 0.29) is 11.8 Å². The van der Waals surface area contributed by atoms with Gasteiger partial charge >= 0.3 is 0 Å². The summed E-state index contributed by atoms with van der Waals surface area (Å²) in [6, 6.07) is 6.00. The maximum absolute atomic E-state index is 9.74. The summed E-state index contributed by atoms with van der Waals surface area (Å²) in [6.45, 7) is 7.03. The van der Waals surface area contributed by atoms with Crippen molar-refractivity contribution in [1.29, 1.82) is 21.2 Å². The molecular weight excluding hydrogens is 256 g/mol. The van der Waals surface area contributed by atoms with Gasteiger partial charge in [-0.3, -0.25) is 5.41 Å². The van der Waals surface area contributed by atoms with E-state index >= 15 is 0 Å². The van der Waals surface area contributed by atoms with Gasteiger partial charge in [0.05, 0.1) is 29.7 Å². The van der Waals surface area contributed by atoms with Crippen molar-refractivity contribution in [3.8, 4) is 18.2 Å².